The van der Waals surface area contributed by atoms with E-state index in [1.54, 1.807) is 17.0 Å². The average Bonchev–Trinajstić information content (AvgIpc) is 3.05. The molecule has 1 aromatic rings. The van der Waals surface area contributed by atoms with Gasteiger partial charge in [-0.25, -0.2) is 9.69 Å². The number of hydrogen-bond acceptors (Lipinski definition) is 4. The summed E-state index contributed by atoms with van der Waals surface area (Å²) in [4.78, 5) is 38.3. The topological polar surface area (TPSA) is 66.9 Å². The van der Waals surface area contributed by atoms with Gasteiger partial charge in [-0.15, -0.1) is 0 Å². The van der Waals surface area contributed by atoms with Gasteiger partial charge in [-0.05, 0) is 24.6 Å². The van der Waals surface area contributed by atoms with Crippen LogP contribution in [0.5, 0.6) is 0 Å². The van der Waals surface area contributed by atoms with Gasteiger partial charge >= 0.3 is 6.09 Å². The first-order valence-corrected chi connectivity index (χ1v) is 7.46. The molecule has 3 rings (SSSR count). The molecular weight excluding hydrogens is 331 g/mol. The summed E-state index contributed by atoms with van der Waals surface area (Å²) in [7, 11) is 0. The molecule has 3 amide bonds. The number of hydrogen-bond donors (Lipinski definition) is 0. The molecular formula is C14H12Cl2N2O4. The molecule has 2 fully saturated rings. The predicted octanol–water partition coefficient (Wildman–Crippen LogP) is 2.19. The highest BCUT2D eigenvalue weighted by Gasteiger charge is 2.41. The van der Waals surface area contributed by atoms with E-state index in [0.717, 1.165) is 4.90 Å². The second-order valence-corrected chi connectivity index (χ2v) is 5.98. The van der Waals surface area contributed by atoms with Crippen molar-refractivity contribution in [3.05, 3.63) is 33.8 Å². The van der Waals surface area contributed by atoms with E-state index in [1.165, 1.54) is 6.07 Å². The summed E-state index contributed by atoms with van der Waals surface area (Å²) in [6.45, 7) is 0.491. The number of benzene rings is 1. The van der Waals surface area contributed by atoms with E-state index in [-0.39, 0.29) is 36.0 Å². The number of cyclic esters (lactones) is 1. The molecule has 1 aromatic carbocycles. The second-order valence-electron chi connectivity index (χ2n) is 5.14. The molecule has 0 bridgehead atoms. The van der Waals surface area contributed by atoms with Crippen LogP contribution in [0.2, 0.25) is 10.0 Å². The van der Waals surface area contributed by atoms with Crippen LogP contribution >= 0.6 is 23.2 Å². The van der Waals surface area contributed by atoms with Gasteiger partial charge in [0, 0.05) is 18.1 Å². The van der Waals surface area contributed by atoms with Gasteiger partial charge in [-0.2, -0.15) is 0 Å². The van der Waals surface area contributed by atoms with Gasteiger partial charge in [0.1, 0.15) is 0 Å². The van der Waals surface area contributed by atoms with Crippen molar-refractivity contribution in [1.82, 2.24) is 9.80 Å². The van der Waals surface area contributed by atoms with Crippen LogP contribution in [0, 0.1) is 0 Å². The maximum absolute atomic E-state index is 12.5. The smallest absolute Gasteiger partial charge is 0.417 e. The number of rotatable bonds is 2. The van der Waals surface area contributed by atoms with Gasteiger partial charge in [0.2, 0.25) is 0 Å². The van der Waals surface area contributed by atoms with Crippen LogP contribution in [-0.2, 0) is 9.53 Å². The van der Waals surface area contributed by atoms with Gasteiger partial charge in [-0.1, -0.05) is 23.2 Å². The number of carbonyl (C=O) groups is 3. The van der Waals surface area contributed by atoms with E-state index in [0.29, 0.717) is 23.6 Å². The number of likely N-dealkylation sites (tertiary alicyclic amines) is 1. The molecule has 116 valence electrons. The van der Waals surface area contributed by atoms with Crippen molar-refractivity contribution in [2.45, 2.75) is 12.5 Å². The molecule has 2 aliphatic rings. The number of halogens is 2. The number of nitrogens with zero attached hydrogens (tertiary/aromatic N) is 2. The van der Waals surface area contributed by atoms with Crippen LogP contribution in [-0.4, -0.2) is 53.4 Å². The molecule has 0 N–H and O–H groups in total. The highest BCUT2D eigenvalue weighted by Crippen LogP contribution is 2.26. The fraction of sp³-hybridized carbons (Fsp3) is 0.357. The van der Waals surface area contributed by atoms with E-state index in [9.17, 15) is 14.4 Å². The number of ether oxygens (including phenoxy) is 1. The van der Waals surface area contributed by atoms with Crippen molar-refractivity contribution < 1.29 is 19.1 Å². The molecule has 0 aliphatic carbocycles. The fourth-order valence-electron chi connectivity index (χ4n) is 2.69. The Morgan fingerprint density at radius 1 is 1.27 bits per heavy atom. The van der Waals surface area contributed by atoms with Crippen molar-refractivity contribution in [2.75, 3.05) is 19.7 Å². The highest BCUT2D eigenvalue weighted by atomic mass is 35.5. The van der Waals surface area contributed by atoms with Gasteiger partial charge in [0.15, 0.2) is 6.61 Å². The first-order chi connectivity index (χ1) is 10.5. The minimum Gasteiger partial charge on any atom is -0.439 e. The van der Waals surface area contributed by atoms with Gasteiger partial charge in [-0.3, -0.25) is 9.59 Å². The molecule has 1 atom stereocenters. The summed E-state index contributed by atoms with van der Waals surface area (Å²) < 4.78 is 4.70. The molecule has 0 spiro atoms. The van der Waals surface area contributed by atoms with Crippen molar-refractivity contribution in [3.8, 4) is 0 Å². The molecule has 8 heteroatoms. The third kappa shape index (κ3) is 2.64. The van der Waals surface area contributed by atoms with Crippen LogP contribution in [0.25, 0.3) is 0 Å². The number of carbonyl (C=O) groups excluding carboxylic acids is 3. The second kappa shape index (κ2) is 5.78. The van der Waals surface area contributed by atoms with Crippen LogP contribution < -0.4 is 0 Å². The fourth-order valence-corrected chi connectivity index (χ4v) is 3.18. The Kier molecular flexibility index (Phi) is 3.97. The summed E-state index contributed by atoms with van der Waals surface area (Å²) >= 11 is 11.9. The van der Waals surface area contributed by atoms with Crippen LogP contribution in [0.15, 0.2) is 18.2 Å². The summed E-state index contributed by atoms with van der Waals surface area (Å²) in [5.41, 5.74) is 0.349. The van der Waals surface area contributed by atoms with E-state index >= 15 is 0 Å². The molecule has 2 heterocycles. The van der Waals surface area contributed by atoms with Gasteiger partial charge in [0.05, 0.1) is 16.6 Å². The quantitative estimate of drug-likeness (QED) is 0.826. The van der Waals surface area contributed by atoms with E-state index in [2.05, 4.69) is 0 Å². The third-order valence-corrected chi connectivity index (χ3v) is 4.31. The molecule has 0 unspecified atom stereocenters. The van der Waals surface area contributed by atoms with Crippen molar-refractivity contribution in [3.63, 3.8) is 0 Å². The Balaban J connectivity index is 1.73. The molecule has 22 heavy (non-hydrogen) atoms. The summed E-state index contributed by atoms with van der Waals surface area (Å²) in [5.74, 6) is -0.613. The number of amides is 3. The van der Waals surface area contributed by atoms with Crippen LogP contribution in [0.3, 0.4) is 0 Å². The lowest BCUT2D eigenvalue weighted by atomic mass is 10.2. The third-order valence-electron chi connectivity index (χ3n) is 3.76. The summed E-state index contributed by atoms with van der Waals surface area (Å²) in [6.07, 6.45) is -0.119. The molecule has 0 aromatic heterocycles. The Hall–Kier alpha value is -1.79. The van der Waals surface area contributed by atoms with Crippen molar-refractivity contribution in [1.29, 1.82) is 0 Å². The molecule has 2 aliphatic heterocycles. The first-order valence-electron chi connectivity index (χ1n) is 6.70. The monoisotopic (exact) mass is 342 g/mol. The Morgan fingerprint density at radius 2 is 2.05 bits per heavy atom. The minimum atomic E-state index is -0.645. The average molecular weight is 343 g/mol. The van der Waals surface area contributed by atoms with Crippen LogP contribution in [0.1, 0.15) is 16.8 Å². The van der Waals surface area contributed by atoms with E-state index in [1.807, 2.05) is 0 Å². The SMILES string of the molecule is O=C(c1ccc(Cl)cc1Cl)N1CC[C@H](N2C(=O)COC2=O)C1. The summed E-state index contributed by atoms with van der Waals surface area (Å²) in [6, 6.07) is 4.31. The Labute approximate surface area is 136 Å². The van der Waals surface area contributed by atoms with E-state index in [4.69, 9.17) is 27.9 Å². The lowest BCUT2D eigenvalue weighted by Gasteiger charge is -2.21. The zero-order valence-electron chi connectivity index (χ0n) is 11.4. The summed E-state index contributed by atoms with van der Waals surface area (Å²) in [5, 5.41) is 0.726. The first kappa shape index (κ1) is 15.1. The largest absolute Gasteiger partial charge is 0.439 e. The predicted molar refractivity (Wildman–Crippen MR) is 79.0 cm³/mol. The minimum absolute atomic E-state index is 0.230. The molecule has 0 saturated carbocycles. The van der Waals surface area contributed by atoms with Gasteiger partial charge in [0.25, 0.3) is 11.8 Å². The lowest BCUT2D eigenvalue weighted by Crippen LogP contribution is -2.42. The zero-order chi connectivity index (χ0) is 15.9. The maximum atomic E-state index is 12.5. The Morgan fingerprint density at radius 3 is 2.68 bits per heavy atom. The standard InChI is InChI=1S/C14H12Cl2N2O4/c15-8-1-2-10(11(16)5-8)13(20)17-4-3-9(6-17)18-12(19)7-22-14(18)21/h1-2,5,9H,3-4,6-7H2/t9-/m0/s1. The highest BCUT2D eigenvalue weighted by molar-refractivity contribution is 6.36. The number of imide groups is 1. The van der Waals surface area contributed by atoms with Crippen LogP contribution in [0.4, 0.5) is 4.79 Å². The lowest BCUT2D eigenvalue weighted by molar-refractivity contribution is -0.127. The molecule has 2 saturated heterocycles. The van der Waals surface area contributed by atoms with Crippen molar-refractivity contribution >= 4 is 41.1 Å². The molecule has 0 radical (unpaired) electrons. The maximum Gasteiger partial charge on any atom is 0.417 e. The van der Waals surface area contributed by atoms with Crippen molar-refractivity contribution in [2.24, 2.45) is 0 Å². The Bertz CT molecular complexity index is 648. The molecule has 6 nitrogen and oxygen atoms in total. The van der Waals surface area contributed by atoms with E-state index < -0.39 is 6.09 Å². The zero-order valence-corrected chi connectivity index (χ0v) is 12.9. The normalized spacial score (nSPS) is 21.5. The van der Waals surface area contributed by atoms with Gasteiger partial charge < -0.3 is 9.64 Å².